The Morgan fingerprint density at radius 2 is 1.67 bits per heavy atom. The Kier molecular flexibility index (Phi) is 9.99. The number of carbonyl (C=O) groups excluding carboxylic acids is 2. The molecule has 0 aromatic heterocycles. The van der Waals surface area contributed by atoms with Gasteiger partial charge in [-0.1, -0.05) is 48.0 Å². The second kappa shape index (κ2) is 13.0. The number of rotatable bonds is 11. The van der Waals surface area contributed by atoms with Crippen molar-refractivity contribution in [2.75, 3.05) is 18.0 Å². The van der Waals surface area contributed by atoms with E-state index >= 15 is 0 Å². The molecule has 1 N–H and O–H groups in total. The standard InChI is InChI=1S/C29H34ClN3O5S/c1-20(2)31-29(35)22(4)32(18-23-10-9-11-25(16-23)38-5)28(34)19-33(24-15-14-21(3)27(30)17-24)39(36,37)26-12-7-6-8-13-26/h6-17,20,22H,18-19H2,1-5H3,(H,31,35). The summed E-state index contributed by atoms with van der Waals surface area (Å²) in [4.78, 5) is 28.3. The predicted octanol–water partition coefficient (Wildman–Crippen LogP) is 4.79. The summed E-state index contributed by atoms with van der Waals surface area (Å²) in [5, 5.41) is 3.20. The molecule has 1 unspecified atom stereocenters. The molecule has 0 heterocycles. The number of methoxy groups -OCH3 is 1. The van der Waals surface area contributed by atoms with Crippen molar-refractivity contribution >= 4 is 39.1 Å². The highest BCUT2D eigenvalue weighted by atomic mass is 35.5. The maximum absolute atomic E-state index is 13.9. The zero-order chi connectivity index (χ0) is 28.7. The van der Waals surface area contributed by atoms with Crippen LogP contribution in [0.25, 0.3) is 0 Å². The molecule has 0 bridgehead atoms. The lowest BCUT2D eigenvalue weighted by molar-refractivity contribution is -0.139. The number of hydrogen-bond acceptors (Lipinski definition) is 5. The average molecular weight is 572 g/mol. The minimum Gasteiger partial charge on any atom is -0.497 e. The van der Waals surface area contributed by atoms with Gasteiger partial charge in [0.1, 0.15) is 18.3 Å². The third-order valence-electron chi connectivity index (χ3n) is 6.14. The first-order chi connectivity index (χ1) is 18.4. The van der Waals surface area contributed by atoms with Crippen LogP contribution in [-0.2, 0) is 26.2 Å². The molecular formula is C29H34ClN3O5S. The maximum Gasteiger partial charge on any atom is 0.264 e. The van der Waals surface area contributed by atoms with Gasteiger partial charge in [-0.05, 0) is 75.2 Å². The van der Waals surface area contributed by atoms with Gasteiger partial charge in [-0.2, -0.15) is 0 Å². The summed E-state index contributed by atoms with van der Waals surface area (Å²) in [5.41, 5.74) is 1.73. The van der Waals surface area contributed by atoms with E-state index in [0.29, 0.717) is 10.8 Å². The van der Waals surface area contributed by atoms with Gasteiger partial charge in [0.25, 0.3) is 10.0 Å². The van der Waals surface area contributed by atoms with E-state index in [1.807, 2.05) is 19.9 Å². The second-order valence-corrected chi connectivity index (χ2v) is 11.7. The SMILES string of the molecule is COc1cccc(CN(C(=O)CN(c2ccc(C)c(Cl)c2)S(=O)(=O)c2ccccc2)C(C)C(=O)NC(C)C)c1. The molecule has 10 heteroatoms. The smallest absolute Gasteiger partial charge is 0.264 e. The van der Waals surface area contributed by atoms with Crippen molar-refractivity contribution in [2.24, 2.45) is 0 Å². The van der Waals surface area contributed by atoms with E-state index in [1.165, 1.54) is 23.1 Å². The van der Waals surface area contributed by atoms with E-state index in [0.717, 1.165) is 15.4 Å². The van der Waals surface area contributed by atoms with Crippen molar-refractivity contribution in [2.45, 2.75) is 51.2 Å². The number of hydrogen-bond donors (Lipinski definition) is 1. The molecule has 0 saturated heterocycles. The van der Waals surface area contributed by atoms with E-state index in [2.05, 4.69) is 5.32 Å². The summed E-state index contributed by atoms with van der Waals surface area (Å²) in [7, 11) is -2.61. The highest BCUT2D eigenvalue weighted by molar-refractivity contribution is 7.92. The Morgan fingerprint density at radius 1 is 0.974 bits per heavy atom. The Balaban J connectivity index is 2.05. The molecule has 0 radical (unpaired) electrons. The van der Waals surface area contributed by atoms with Gasteiger partial charge in [-0.3, -0.25) is 13.9 Å². The van der Waals surface area contributed by atoms with Crippen molar-refractivity contribution < 1.29 is 22.7 Å². The summed E-state index contributed by atoms with van der Waals surface area (Å²) in [6.07, 6.45) is 0. The first-order valence-electron chi connectivity index (χ1n) is 12.5. The van der Waals surface area contributed by atoms with E-state index in [1.54, 1.807) is 69.5 Å². The van der Waals surface area contributed by atoms with Gasteiger partial charge in [-0.15, -0.1) is 0 Å². The lowest BCUT2D eigenvalue weighted by atomic mass is 10.1. The van der Waals surface area contributed by atoms with Crippen molar-refractivity contribution in [3.8, 4) is 5.75 Å². The molecule has 0 spiro atoms. The fourth-order valence-corrected chi connectivity index (χ4v) is 5.54. The number of nitrogens with zero attached hydrogens (tertiary/aromatic N) is 2. The summed E-state index contributed by atoms with van der Waals surface area (Å²) in [6, 6.07) is 18.8. The van der Waals surface area contributed by atoms with Crippen molar-refractivity contribution in [3.05, 3.63) is 88.9 Å². The zero-order valence-electron chi connectivity index (χ0n) is 22.7. The molecular weight excluding hydrogens is 538 g/mol. The third kappa shape index (κ3) is 7.52. The van der Waals surface area contributed by atoms with Crippen molar-refractivity contribution in [3.63, 3.8) is 0 Å². The molecule has 0 aliphatic heterocycles. The largest absolute Gasteiger partial charge is 0.497 e. The molecule has 3 aromatic rings. The molecule has 0 aliphatic rings. The van der Waals surface area contributed by atoms with Crippen molar-refractivity contribution in [1.82, 2.24) is 10.2 Å². The van der Waals surface area contributed by atoms with Crippen LogP contribution in [-0.4, -0.2) is 50.9 Å². The number of carbonyl (C=O) groups is 2. The lowest BCUT2D eigenvalue weighted by Gasteiger charge is -2.32. The zero-order valence-corrected chi connectivity index (χ0v) is 24.3. The van der Waals surface area contributed by atoms with Gasteiger partial charge >= 0.3 is 0 Å². The maximum atomic E-state index is 13.9. The second-order valence-electron chi connectivity index (χ2n) is 9.47. The summed E-state index contributed by atoms with van der Waals surface area (Å²) < 4.78 is 33.9. The average Bonchev–Trinajstić information content (AvgIpc) is 2.91. The fourth-order valence-electron chi connectivity index (χ4n) is 3.94. The monoisotopic (exact) mass is 571 g/mol. The molecule has 208 valence electrons. The Labute approximate surface area is 235 Å². The quantitative estimate of drug-likeness (QED) is 0.357. The van der Waals surface area contributed by atoms with Crippen LogP contribution in [0.2, 0.25) is 5.02 Å². The van der Waals surface area contributed by atoms with Crippen LogP contribution in [0.4, 0.5) is 5.69 Å². The van der Waals surface area contributed by atoms with Crippen LogP contribution in [0, 0.1) is 6.92 Å². The molecule has 3 aromatic carbocycles. The van der Waals surface area contributed by atoms with Gasteiger partial charge in [0.05, 0.1) is 17.7 Å². The summed E-state index contributed by atoms with van der Waals surface area (Å²) >= 11 is 6.35. The number of ether oxygens (including phenoxy) is 1. The number of aryl methyl sites for hydroxylation is 1. The van der Waals surface area contributed by atoms with Crippen LogP contribution >= 0.6 is 11.6 Å². The highest BCUT2D eigenvalue weighted by Crippen LogP contribution is 2.28. The minimum atomic E-state index is -4.15. The van der Waals surface area contributed by atoms with Crippen LogP contribution in [0.15, 0.2) is 77.7 Å². The van der Waals surface area contributed by atoms with Gasteiger partial charge in [0.2, 0.25) is 11.8 Å². The Bertz CT molecular complexity index is 1410. The normalized spacial score (nSPS) is 12.1. The van der Waals surface area contributed by atoms with Gasteiger partial charge in [0.15, 0.2) is 0 Å². The molecule has 1 atom stereocenters. The Morgan fingerprint density at radius 3 is 2.28 bits per heavy atom. The highest BCUT2D eigenvalue weighted by Gasteiger charge is 2.32. The lowest BCUT2D eigenvalue weighted by Crippen LogP contribution is -2.52. The van der Waals surface area contributed by atoms with Gasteiger partial charge in [-0.25, -0.2) is 8.42 Å². The molecule has 0 fully saturated rings. The number of halogens is 1. The first-order valence-corrected chi connectivity index (χ1v) is 14.3. The van der Waals surface area contributed by atoms with Gasteiger partial charge in [0, 0.05) is 17.6 Å². The van der Waals surface area contributed by atoms with Crippen LogP contribution in [0.5, 0.6) is 5.75 Å². The third-order valence-corrected chi connectivity index (χ3v) is 8.33. The first kappa shape index (κ1) is 30.0. The number of amides is 2. The molecule has 0 saturated carbocycles. The topological polar surface area (TPSA) is 96.0 Å². The van der Waals surface area contributed by atoms with E-state index in [4.69, 9.17) is 16.3 Å². The summed E-state index contributed by atoms with van der Waals surface area (Å²) in [6.45, 7) is 6.60. The molecule has 8 nitrogen and oxygen atoms in total. The number of nitrogens with one attached hydrogen (secondary N) is 1. The predicted molar refractivity (Wildman–Crippen MR) is 153 cm³/mol. The van der Waals surface area contributed by atoms with Crippen LogP contribution in [0.1, 0.15) is 31.9 Å². The molecule has 39 heavy (non-hydrogen) atoms. The summed E-state index contributed by atoms with van der Waals surface area (Å²) in [5.74, 6) is -0.306. The van der Waals surface area contributed by atoms with E-state index in [-0.39, 0.29) is 29.1 Å². The minimum absolute atomic E-state index is 0.0273. The van der Waals surface area contributed by atoms with Gasteiger partial charge < -0.3 is 15.0 Å². The molecule has 2 amide bonds. The van der Waals surface area contributed by atoms with E-state index < -0.39 is 28.5 Å². The van der Waals surface area contributed by atoms with Crippen LogP contribution in [0.3, 0.4) is 0 Å². The van der Waals surface area contributed by atoms with Crippen molar-refractivity contribution in [1.29, 1.82) is 0 Å². The number of anilines is 1. The van der Waals surface area contributed by atoms with E-state index in [9.17, 15) is 18.0 Å². The molecule has 3 rings (SSSR count). The molecule has 0 aliphatic carbocycles. The fraction of sp³-hybridized carbons (Fsp3) is 0.310. The van der Waals surface area contributed by atoms with Crippen LogP contribution < -0.4 is 14.4 Å². The number of sulfonamides is 1. The Hall–Kier alpha value is -3.56. The number of benzene rings is 3.